The lowest BCUT2D eigenvalue weighted by Gasteiger charge is -2.34. The Kier molecular flexibility index (Phi) is 10.8. The summed E-state index contributed by atoms with van der Waals surface area (Å²) in [5.74, 6) is -0.387. The summed E-state index contributed by atoms with van der Waals surface area (Å²) in [7, 11) is -2.70. The third-order valence-electron chi connectivity index (χ3n) is 7.32. The number of amides is 2. The summed E-state index contributed by atoms with van der Waals surface area (Å²) in [6.07, 6.45) is 0.258. The van der Waals surface area contributed by atoms with E-state index in [1.54, 1.807) is 36.4 Å². The lowest BCUT2D eigenvalue weighted by Crippen LogP contribution is -2.53. The van der Waals surface area contributed by atoms with Gasteiger partial charge in [0.05, 0.1) is 17.7 Å². The zero-order valence-electron chi connectivity index (χ0n) is 25.6. The second kappa shape index (κ2) is 14.7. The normalized spacial score (nSPS) is 11.8. The van der Waals surface area contributed by atoms with Crippen molar-refractivity contribution in [1.29, 1.82) is 0 Å². The van der Waals surface area contributed by atoms with Crippen molar-refractivity contribution in [3.05, 3.63) is 125 Å². The minimum absolute atomic E-state index is 0.0494. The van der Waals surface area contributed by atoms with Crippen LogP contribution in [-0.2, 0) is 32.6 Å². The number of hydrogen-bond acceptors (Lipinski definition) is 5. The van der Waals surface area contributed by atoms with Crippen molar-refractivity contribution in [2.75, 3.05) is 24.5 Å². The number of benzene rings is 4. The number of rotatable bonds is 13. The van der Waals surface area contributed by atoms with E-state index in [1.165, 1.54) is 24.1 Å². The van der Waals surface area contributed by atoms with E-state index in [9.17, 15) is 18.0 Å². The van der Waals surface area contributed by atoms with E-state index in [0.717, 1.165) is 26.6 Å². The van der Waals surface area contributed by atoms with Crippen molar-refractivity contribution in [3.63, 3.8) is 0 Å². The van der Waals surface area contributed by atoms with Crippen LogP contribution < -0.4 is 14.4 Å². The van der Waals surface area contributed by atoms with Gasteiger partial charge in [0.2, 0.25) is 11.8 Å². The van der Waals surface area contributed by atoms with Crippen molar-refractivity contribution in [2.45, 2.75) is 44.7 Å². The van der Waals surface area contributed by atoms with Crippen LogP contribution in [-0.4, -0.2) is 51.4 Å². The first kappa shape index (κ1) is 32.3. The van der Waals surface area contributed by atoms with Crippen molar-refractivity contribution >= 4 is 27.5 Å². The fourth-order valence-electron chi connectivity index (χ4n) is 4.87. The zero-order chi connectivity index (χ0) is 31.7. The Morgan fingerprint density at radius 3 is 2.07 bits per heavy atom. The summed E-state index contributed by atoms with van der Waals surface area (Å²) in [6.45, 7) is 5.64. The number of methoxy groups -OCH3 is 1. The number of hydrogen-bond donors (Lipinski definition) is 1. The molecule has 9 heteroatoms. The number of likely N-dealkylation sites (N-methyl/N-ethyl adjacent to an activating group) is 1. The molecule has 44 heavy (non-hydrogen) atoms. The van der Waals surface area contributed by atoms with Crippen molar-refractivity contribution < 1.29 is 22.7 Å². The van der Waals surface area contributed by atoms with Crippen LogP contribution in [0.2, 0.25) is 0 Å². The molecule has 0 aliphatic rings. The Morgan fingerprint density at radius 1 is 0.818 bits per heavy atom. The fourth-order valence-corrected chi connectivity index (χ4v) is 6.27. The van der Waals surface area contributed by atoms with Crippen LogP contribution in [0.4, 0.5) is 5.69 Å². The average Bonchev–Trinajstić information content (AvgIpc) is 3.03. The second-order valence-electron chi connectivity index (χ2n) is 10.6. The van der Waals surface area contributed by atoms with Crippen LogP contribution in [0.3, 0.4) is 0 Å². The van der Waals surface area contributed by atoms with Gasteiger partial charge in [-0.25, -0.2) is 8.42 Å². The van der Waals surface area contributed by atoms with Gasteiger partial charge in [0.15, 0.2) is 0 Å². The molecule has 8 nitrogen and oxygen atoms in total. The number of nitrogens with zero attached hydrogens (tertiary/aromatic N) is 2. The molecule has 230 valence electrons. The van der Waals surface area contributed by atoms with Gasteiger partial charge in [-0.05, 0) is 56.2 Å². The maximum absolute atomic E-state index is 14.4. The predicted octanol–water partition coefficient (Wildman–Crippen LogP) is 5.28. The van der Waals surface area contributed by atoms with Crippen LogP contribution >= 0.6 is 0 Å². The molecule has 0 aliphatic carbocycles. The highest BCUT2D eigenvalue weighted by molar-refractivity contribution is 7.92. The van der Waals surface area contributed by atoms with Gasteiger partial charge in [0, 0.05) is 25.6 Å². The molecule has 0 bridgehead atoms. The van der Waals surface area contributed by atoms with E-state index in [-0.39, 0.29) is 29.5 Å². The molecule has 1 atom stereocenters. The third kappa shape index (κ3) is 8.05. The van der Waals surface area contributed by atoms with Crippen LogP contribution in [0, 0.1) is 13.8 Å². The molecule has 0 saturated carbocycles. The third-order valence-corrected chi connectivity index (χ3v) is 9.11. The summed E-state index contributed by atoms with van der Waals surface area (Å²) in [5, 5.41) is 2.88. The summed E-state index contributed by atoms with van der Waals surface area (Å²) < 4.78 is 34.7. The quantitative estimate of drug-likeness (QED) is 0.221. The van der Waals surface area contributed by atoms with Crippen LogP contribution in [0.15, 0.2) is 108 Å². The molecule has 0 spiro atoms. The van der Waals surface area contributed by atoms with Gasteiger partial charge in [-0.2, -0.15) is 0 Å². The lowest BCUT2D eigenvalue weighted by molar-refractivity contribution is -0.140. The SMILES string of the molecule is CCNC(=O)C(Cc1ccccc1)N(Cc1ccc(C)cc1)C(=O)CN(c1cccc(OC)c1)S(=O)(=O)c1ccc(C)cc1. The highest BCUT2D eigenvalue weighted by Crippen LogP contribution is 2.28. The molecule has 4 aromatic rings. The van der Waals surface area contributed by atoms with Crippen molar-refractivity contribution in [3.8, 4) is 5.75 Å². The monoisotopic (exact) mass is 613 g/mol. The van der Waals surface area contributed by atoms with Crippen LogP contribution in [0.1, 0.15) is 29.2 Å². The molecule has 0 aliphatic heterocycles. The first-order valence-electron chi connectivity index (χ1n) is 14.5. The predicted molar refractivity (Wildman–Crippen MR) is 173 cm³/mol. The maximum Gasteiger partial charge on any atom is 0.264 e. The first-order chi connectivity index (χ1) is 21.1. The number of anilines is 1. The molecule has 0 heterocycles. The molecular weight excluding hydrogens is 574 g/mol. The summed E-state index contributed by atoms with van der Waals surface area (Å²) in [5.41, 5.74) is 3.93. The number of carbonyl (C=O) groups is 2. The number of sulfonamides is 1. The van der Waals surface area contributed by atoms with E-state index in [0.29, 0.717) is 12.3 Å². The highest BCUT2D eigenvalue weighted by Gasteiger charge is 2.34. The number of carbonyl (C=O) groups excluding carboxylic acids is 2. The molecule has 0 fully saturated rings. The molecule has 1 N–H and O–H groups in total. The molecule has 0 saturated heterocycles. The molecule has 0 radical (unpaired) electrons. The number of ether oxygens (including phenoxy) is 1. The van der Waals surface area contributed by atoms with E-state index in [2.05, 4.69) is 5.32 Å². The Hall–Kier alpha value is -4.63. The summed E-state index contributed by atoms with van der Waals surface area (Å²) in [4.78, 5) is 29.5. The van der Waals surface area contributed by atoms with E-state index in [1.807, 2.05) is 75.4 Å². The van der Waals surface area contributed by atoms with E-state index in [4.69, 9.17) is 4.74 Å². The largest absolute Gasteiger partial charge is 0.497 e. The topological polar surface area (TPSA) is 96.0 Å². The van der Waals surface area contributed by atoms with Gasteiger partial charge >= 0.3 is 0 Å². The number of nitrogens with one attached hydrogen (secondary N) is 1. The fraction of sp³-hybridized carbons (Fsp3) is 0.257. The molecule has 2 amide bonds. The Balaban J connectivity index is 1.80. The Labute approximate surface area is 260 Å². The zero-order valence-corrected chi connectivity index (χ0v) is 26.4. The Morgan fingerprint density at radius 2 is 1.45 bits per heavy atom. The lowest BCUT2D eigenvalue weighted by atomic mass is 10.0. The van der Waals surface area contributed by atoms with E-state index >= 15 is 0 Å². The molecule has 1 unspecified atom stereocenters. The van der Waals surface area contributed by atoms with Gasteiger partial charge < -0.3 is 15.0 Å². The molecule has 4 rings (SSSR count). The molecular formula is C35H39N3O5S. The van der Waals surface area contributed by atoms with Crippen molar-refractivity contribution in [2.24, 2.45) is 0 Å². The Bertz CT molecular complexity index is 1660. The number of aryl methyl sites for hydroxylation is 2. The van der Waals surface area contributed by atoms with Gasteiger partial charge in [-0.15, -0.1) is 0 Å². The van der Waals surface area contributed by atoms with E-state index < -0.39 is 28.5 Å². The minimum atomic E-state index is -4.19. The standard InChI is InChI=1S/C35H39N3O5S/c1-5-36-35(40)33(22-28-10-7-6-8-11-28)37(24-29-18-14-26(2)15-19-29)34(39)25-38(30-12-9-13-31(23-30)43-4)44(41,42)32-20-16-27(3)17-21-32/h6-21,23,33H,5,22,24-25H2,1-4H3,(H,36,40). The van der Waals surface area contributed by atoms with Crippen molar-refractivity contribution in [1.82, 2.24) is 10.2 Å². The average molecular weight is 614 g/mol. The van der Waals surface area contributed by atoms with Gasteiger partial charge in [-0.3, -0.25) is 13.9 Å². The summed E-state index contributed by atoms with van der Waals surface area (Å²) >= 11 is 0. The van der Waals surface area contributed by atoms with Gasteiger partial charge in [0.25, 0.3) is 10.0 Å². The molecule has 4 aromatic carbocycles. The molecule has 0 aromatic heterocycles. The first-order valence-corrected chi connectivity index (χ1v) is 16.0. The smallest absolute Gasteiger partial charge is 0.264 e. The van der Waals surface area contributed by atoms with Crippen LogP contribution in [0.25, 0.3) is 0 Å². The van der Waals surface area contributed by atoms with Crippen LogP contribution in [0.5, 0.6) is 5.75 Å². The van der Waals surface area contributed by atoms with Gasteiger partial charge in [-0.1, -0.05) is 83.9 Å². The second-order valence-corrected chi connectivity index (χ2v) is 12.5. The summed E-state index contributed by atoms with van der Waals surface area (Å²) in [6, 6.07) is 29.4. The maximum atomic E-state index is 14.4. The highest BCUT2D eigenvalue weighted by atomic mass is 32.2. The minimum Gasteiger partial charge on any atom is -0.497 e. The van der Waals surface area contributed by atoms with Gasteiger partial charge in [0.1, 0.15) is 18.3 Å².